The Balaban J connectivity index is 2.66. The maximum Gasteiger partial charge on any atom is 0.217 e. The van der Waals surface area contributed by atoms with E-state index in [2.05, 4.69) is 9.84 Å². The van der Waals surface area contributed by atoms with Gasteiger partial charge in [0.2, 0.25) is 5.91 Å². The Morgan fingerprint density at radius 2 is 1.95 bits per heavy atom. The summed E-state index contributed by atoms with van der Waals surface area (Å²) < 4.78 is 19.0. The zero-order chi connectivity index (χ0) is 14.8. The Hall–Kier alpha value is -0.580. The number of nitrogens with one attached hydrogen (secondary N) is 1. The number of ether oxygens (including phenoxy) is 1. The lowest BCUT2D eigenvalue weighted by Gasteiger charge is -2.41. The Labute approximate surface area is 108 Å². The molecule has 1 fully saturated rings. The summed E-state index contributed by atoms with van der Waals surface area (Å²) in [6.07, 6.45) is -6.37. The Bertz CT molecular complexity index is 371. The molecule has 1 rings (SSSR count). The molecule has 5 atom stereocenters. The van der Waals surface area contributed by atoms with Crippen LogP contribution in [0.4, 0.5) is 0 Å². The van der Waals surface area contributed by atoms with Crippen molar-refractivity contribution in [3.63, 3.8) is 0 Å². The number of hydrogen-bond acceptors (Lipinski definition) is 9. The SMILES string of the molecule is CC(=O)N[C@@H]1[C@@H](O)[C@H](O)[C@@H](COP(=O)([O-])[O-])O[C@H]1O. The normalized spacial score (nSPS) is 36.0. The number of hydrogen-bond donors (Lipinski definition) is 4. The minimum Gasteiger partial charge on any atom is -0.790 e. The smallest absolute Gasteiger partial charge is 0.217 e. The zero-order valence-corrected chi connectivity index (χ0v) is 10.7. The van der Waals surface area contributed by atoms with Crippen LogP contribution in [0, 0.1) is 0 Å². The highest BCUT2D eigenvalue weighted by molar-refractivity contribution is 7.43. The van der Waals surface area contributed by atoms with Gasteiger partial charge in [-0.15, -0.1) is 0 Å². The van der Waals surface area contributed by atoms with Crippen molar-refractivity contribution >= 4 is 13.7 Å². The molecule has 19 heavy (non-hydrogen) atoms. The van der Waals surface area contributed by atoms with Gasteiger partial charge in [0.25, 0.3) is 0 Å². The molecule has 1 aliphatic heterocycles. The molecule has 0 spiro atoms. The average Bonchev–Trinajstić information content (AvgIpc) is 2.26. The van der Waals surface area contributed by atoms with Gasteiger partial charge in [0.05, 0.1) is 14.4 Å². The fraction of sp³-hybridized carbons (Fsp3) is 0.875. The number of amides is 1. The van der Waals surface area contributed by atoms with Gasteiger partial charge in [0, 0.05) is 6.92 Å². The van der Waals surface area contributed by atoms with Crippen LogP contribution in [0.5, 0.6) is 0 Å². The molecule has 0 radical (unpaired) electrons. The first kappa shape index (κ1) is 16.5. The van der Waals surface area contributed by atoms with E-state index in [1.165, 1.54) is 0 Å². The van der Waals surface area contributed by atoms with Gasteiger partial charge in [-0.05, 0) is 0 Å². The van der Waals surface area contributed by atoms with E-state index in [1.54, 1.807) is 0 Å². The molecule has 0 aromatic heterocycles. The maximum atomic E-state index is 10.8. The summed E-state index contributed by atoms with van der Waals surface area (Å²) in [5.41, 5.74) is 0. The molecule has 10 nitrogen and oxygen atoms in total. The van der Waals surface area contributed by atoms with Gasteiger partial charge in [-0.3, -0.25) is 4.79 Å². The highest BCUT2D eigenvalue weighted by atomic mass is 31.2. The van der Waals surface area contributed by atoms with Crippen molar-refractivity contribution in [2.45, 2.75) is 37.6 Å². The molecule has 0 bridgehead atoms. The predicted molar refractivity (Wildman–Crippen MR) is 54.1 cm³/mol. The van der Waals surface area contributed by atoms with E-state index in [9.17, 15) is 34.5 Å². The van der Waals surface area contributed by atoms with Gasteiger partial charge in [-0.2, -0.15) is 0 Å². The highest BCUT2D eigenvalue weighted by Crippen LogP contribution is 2.28. The quantitative estimate of drug-likeness (QED) is 0.375. The third-order valence-electron chi connectivity index (χ3n) is 2.49. The predicted octanol–water partition coefficient (Wildman–Crippen LogP) is -4.22. The molecule has 1 aliphatic rings. The van der Waals surface area contributed by atoms with Crippen LogP contribution >= 0.6 is 7.82 Å². The summed E-state index contributed by atoms with van der Waals surface area (Å²) in [6.45, 7) is 0.276. The maximum absolute atomic E-state index is 10.8. The molecule has 0 unspecified atom stereocenters. The molecule has 0 aromatic rings. The summed E-state index contributed by atoms with van der Waals surface area (Å²) in [7, 11) is -5.26. The summed E-state index contributed by atoms with van der Waals surface area (Å²) in [5, 5.41) is 31.0. The van der Waals surface area contributed by atoms with E-state index in [0.29, 0.717) is 0 Å². The van der Waals surface area contributed by atoms with Gasteiger partial charge < -0.3 is 44.2 Å². The molecule has 1 saturated heterocycles. The second-order valence-corrected chi connectivity index (χ2v) is 5.17. The van der Waals surface area contributed by atoms with Gasteiger partial charge in [0.15, 0.2) is 6.29 Å². The van der Waals surface area contributed by atoms with Crippen molar-refractivity contribution in [2.75, 3.05) is 6.61 Å². The average molecular weight is 299 g/mol. The number of aliphatic hydroxyl groups excluding tert-OH is 3. The molecule has 0 saturated carbocycles. The number of aliphatic hydroxyl groups is 3. The summed E-state index contributed by atoms with van der Waals surface area (Å²) in [6, 6.07) is -1.28. The molecular formula is C8H14NO9P-2. The van der Waals surface area contributed by atoms with Crippen molar-refractivity contribution in [1.29, 1.82) is 0 Å². The van der Waals surface area contributed by atoms with Gasteiger partial charge >= 0.3 is 0 Å². The molecule has 112 valence electrons. The Morgan fingerprint density at radius 1 is 1.37 bits per heavy atom. The topological polar surface area (TPSA) is 171 Å². The Morgan fingerprint density at radius 3 is 2.42 bits per heavy atom. The zero-order valence-electron chi connectivity index (χ0n) is 9.83. The molecular weight excluding hydrogens is 285 g/mol. The molecule has 4 N–H and O–H groups in total. The van der Waals surface area contributed by atoms with E-state index < -0.39 is 51.0 Å². The van der Waals surface area contributed by atoms with Gasteiger partial charge in [-0.1, -0.05) is 0 Å². The first-order valence-corrected chi connectivity index (χ1v) is 6.71. The summed E-state index contributed by atoms with van der Waals surface area (Å²) in [4.78, 5) is 31.4. The number of rotatable bonds is 4. The lowest BCUT2D eigenvalue weighted by molar-refractivity contribution is -0.345. The molecule has 0 aliphatic carbocycles. The van der Waals surface area contributed by atoms with Crippen LogP contribution in [0.3, 0.4) is 0 Å². The van der Waals surface area contributed by atoms with Crippen molar-refractivity contribution in [3.8, 4) is 0 Å². The standard InChI is InChI=1S/C8H16NO9P/c1-3(10)9-5-7(12)6(11)4(18-8(5)13)2-17-19(14,15)16/h4-8,11-13H,2H2,1H3,(H,9,10)(H2,14,15,16)/p-2/t4-,5-,6-,7-,8-/m1/s1. The number of carbonyl (C=O) groups excluding carboxylic acids is 1. The minimum atomic E-state index is -5.26. The largest absolute Gasteiger partial charge is 0.790 e. The third kappa shape index (κ3) is 4.79. The third-order valence-corrected chi connectivity index (χ3v) is 2.95. The number of phosphoric ester groups is 1. The lowest BCUT2D eigenvalue weighted by Crippen LogP contribution is -2.64. The lowest BCUT2D eigenvalue weighted by atomic mass is 9.97. The van der Waals surface area contributed by atoms with Crippen molar-refractivity contribution < 1.29 is 43.7 Å². The minimum absolute atomic E-state index is 0.572. The van der Waals surface area contributed by atoms with E-state index in [1.807, 2.05) is 0 Å². The van der Waals surface area contributed by atoms with Crippen LogP contribution in [-0.4, -0.2) is 58.5 Å². The van der Waals surface area contributed by atoms with Gasteiger partial charge in [0.1, 0.15) is 24.4 Å². The first-order valence-electron chi connectivity index (χ1n) is 5.25. The Kier molecular flexibility index (Phi) is 5.42. The second kappa shape index (κ2) is 6.25. The molecule has 11 heteroatoms. The monoisotopic (exact) mass is 299 g/mol. The van der Waals surface area contributed by atoms with Crippen molar-refractivity contribution in [1.82, 2.24) is 5.32 Å². The van der Waals surface area contributed by atoms with Crippen LogP contribution < -0.4 is 15.1 Å². The van der Waals surface area contributed by atoms with Crippen molar-refractivity contribution in [3.05, 3.63) is 0 Å². The molecule has 0 aromatic carbocycles. The fourth-order valence-electron chi connectivity index (χ4n) is 1.64. The second-order valence-electron chi connectivity index (χ2n) is 4.02. The van der Waals surface area contributed by atoms with E-state index in [4.69, 9.17) is 4.74 Å². The van der Waals surface area contributed by atoms with Crippen LogP contribution in [0.25, 0.3) is 0 Å². The van der Waals surface area contributed by atoms with Crippen molar-refractivity contribution in [2.24, 2.45) is 0 Å². The van der Waals surface area contributed by atoms with Crippen LogP contribution in [0.2, 0.25) is 0 Å². The highest BCUT2D eigenvalue weighted by Gasteiger charge is 2.44. The number of phosphoric acid groups is 1. The van der Waals surface area contributed by atoms with Crippen LogP contribution in [0.15, 0.2) is 0 Å². The summed E-state index contributed by atoms with van der Waals surface area (Å²) >= 11 is 0. The number of carbonyl (C=O) groups is 1. The van der Waals surface area contributed by atoms with E-state index in [0.717, 1.165) is 6.92 Å². The summed E-state index contributed by atoms with van der Waals surface area (Å²) in [5.74, 6) is -0.572. The molecule has 1 heterocycles. The first-order chi connectivity index (χ1) is 8.61. The molecule has 1 amide bonds. The van der Waals surface area contributed by atoms with Crippen LogP contribution in [-0.2, 0) is 18.6 Å². The van der Waals surface area contributed by atoms with E-state index in [-0.39, 0.29) is 0 Å². The van der Waals surface area contributed by atoms with Gasteiger partial charge in [-0.25, -0.2) is 0 Å². The van der Waals surface area contributed by atoms with Crippen LogP contribution in [0.1, 0.15) is 6.92 Å². The van der Waals surface area contributed by atoms with E-state index >= 15 is 0 Å². The fourth-order valence-corrected chi connectivity index (χ4v) is 1.97.